The van der Waals surface area contributed by atoms with E-state index in [2.05, 4.69) is 12.2 Å². The van der Waals surface area contributed by atoms with Crippen LogP contribution in [0.25, 0.3) is 6.08 Å². The van der Waals surface area contributed by atoms with Gasteiger partial charge in [0.2, 0.25) is 5.91 Å². The van der Waals surface area contributed by atoms with Crippen LogP contribution in [0.3, 0.4) is 0 Å². The fraction of sp³-hybridized carbons (Fsp3) is 0.471. The molecule has 0 aliphatic heterocycles. The van der Waals surface area contributed by atoms with Crippen molar-refractivity contribution in [2.45, 2.75) is 38.6 Å². The molecule has 0 heterocycles. The van der Waals surface area contributed by atoms with Gasteiger partial charge in [-0.2, -0.15) is 0 Å². The normalized spacial score (nSPS) is 22.2. The zero-order chi connectivity index (χ0) is 15.2. The summed E-state index contributed by atoms with van der Waals surface area (Å²) in [7, 11) is 1.50. The predicted octanol–water partition coefficient (Wildman–Crippen LogP) is 3.11. The first-order valence-electron chi connectivity index (χ1n) is 7.44. The van der Waals surface area contributed by atoms with E-state index < -0.39 is 0 Å². The van der Waals surface area contributed by atoms with E-state index in [4.69, 9.17) is 4.74 Å². The predicted molar refractivity (Wildman–Crippen MR) is 83.3 cm³/mol. The van der Waals surface area contributed by atoms with Gasteiger partial charge in [-0.25, -0.2) is 0 Å². The first-order chi connectivity index (χ1) is 10.1. The fourth-order valence-electron chi connectivity index (χ4n) is 2.62. The van der Waals surface area contributed by atoms with Gasteiger partial charge in [-0.15, -0.1) is 0 Å². The molecule has 1 aromatic rings. The number of rotatable bonds is 4. The van der Waals surface area contributed by atoms with E-state index >= 15 is 0 Å². The monoisotopic (exact) mass is 289 g/mol. The maximum Gasteiger partial charge on any atom is 0.244 e. The maximum absolute atomic E-state index is 11.9. The van der Waals surface area contributed by atoms with E-state index in [-0.39, 0.29) is 11.7 Å². The minimum atomic E-state index is -0.0680. The van der Waals surface area contributed by atoms with Gasteiger partial charge in [0.15, 0.2) is 11.5 Å². The lowest BCUT2D eigenvalue weighted by molar-refractivity contribution is -0.117. The van der Waals surface area contributed by atoms with Crippen molar-refractivity contribution in [1.29, 1.82) is 0 Å². The molecule has 0 radical (unpaired) electrons. The molecule has 1 aromatic carbocycles. The molecular weight excluding hydrogens is 266 g/mol. The van der Waals surface area contributed by atoms with Crippen LogP contribution in [0.15, 0.2) is 24.3 Å². The molecule has 2 N–H and O–H groups in total. The van der Waals surface area contributed by atoms with E-state index in [0.717, 1.165) is 24.3 Å². The summed E-state index contributed by atoms with van der Waals surface area (Å²) in [5.41, 5.74) is 0.817. The third-order valence-corrected chi connectivity index (χ3v) is 3.99. The minimum Gasteiger partial charge on any atom is -0.504 e. The summed E-state index contributed by atoms with van der Waals surface area (Å²) in [6, 6.07) is 5.29. The lowest BCUT2D eigenvalue weighted by atomic mass is 9.87. The molecule has 1 aliphatic rings. The molecule has 1 aliphatic carbocycles. The van der Waals surface area contributed by atoms with Gasteiger partial charge in [-0.05, 0) is 55.4 Å². The molecule has 0 unspecified atom stereocenters. The van der Waals surface area contributed by atoms with Crippen molar-refractivity contribution in [3.8, 4) is 11.5 Å². The Bertz CT molecular complexity index is 517. The number of hydrogen-bond donors (Lipinski definition) is 2. The molecule has 2 rings (SSSR count). The average Bonchev–Trinajstić information content (AvgIpc) is 2.49. The summed E-state index contributed by atoms with van der Waals surface area (Å²) in [5, 5.41) is 12.6. The van der Waals surface area contributed by atoms with Gasteiger partial charge in [0, 0.05) is 12.1 Å². The van der Waals surface area contributed by atoms with Crippen molar-refractivity contribution >= 4 is 12.0 Å². The highest BCUT2D eigenvalue weighted by Crippen LogP contribution is 2.27. The Morgan fingerprint density at radius 1 is 1.33 bits per heavy atom. The van der Waals surface area contributed by atoms with E-state index in [1.807, 2.05) is 0 Å². The highest BCUT2D eigenvalue weighted by Gasteiger charge is 2.18. The van der Waals surface area contributed by atoms with Crippen LogP contribution < -0.4 is 10.1 Å². The molecule has 1 amide bonds. The highest BCUT2D eigenvalue weighted by atomic mass is 16.5. The standard InChI is InChI=1S/C17H23NO3/c1-12-3-7-14(8-4-12)18-17(20)10-6-13-5-9-15(19)16(11-13)21-2/h5-6,9-12,14,19H,3-4,7-8H2,1-2H3,(H,18,20)/b10-6+. The van der Waals surface area contributed by atoms with Crippen LogP contribution >= 0.6 is 0 Å². The van der Waals surface area contributed by atoms with Crippen molar-refractivity contribution in [2.24, 2.45) is 5.92 Å². The van der Waals surface area contributed by atoms with Gasteiger partial charge in [0.25, 0.3) is 0 Å². The van der Waals surface area contributed by atoms with Crippen LogP contribution in [-0.4, -0.2) is 24.2 Å². The molecule has 1 fully saturated rings. The van der Waals surface area contributed by atoms with Crippen LogP contribution in [0.4, 0.5) is 0 Å². The second kappa shape index (κ2) is 7.16. The number of phenolic OH excluding ortho intramolecular Hbond substituents is 1. The lowest BCUT2D eigenvalue weighted by Crippen LogP contribution is -2.36. The Morgan fingerprint density at radius 3 is 2.71 bits per heavy atom. The SMILES string of the molecule is COc1cc(/C=C/C(=O)NC2CCC(C)CC2)ccc1O. The second-order valence-corrected chi connectivity index (χ2v) is 5.73. The summed E-state index contributed by atoms with van der Waals surface area (Å²) in [6.45, 7) is 2.26. The molecule has 114 valence electrons. The molecule has 0 saturated heterocycles. The summed E-state index contributed by atoms with van der Waals surface area (Å²) in [4.78, 5) is 11.9. The number of amides is 1. The van der Waals surface area contributed by atoms with Gasteiger partial charge in [-0.3, -0.25) is 4.79 Å². The van der Waals surface area contributed by atoms with Gasteiger partial charge in [0.05, 0.1) is 7.11 Å². The third kappa shape index (κ3) is 4.52. The Kier molecular flexibility index (Phi) is 5.26. The largest absolute Gasteiger partial charge is 0.504 e. The van der Waals surface area contributed by atoms with Crippen molar-refractivity contribution in [3.63, 3.8) is 0 Å². The zero-order valence-corrected chi connectivity index (χ0v) is 12.6. The molecule has 1 saturated carbocycles. The zero-order valence-electron chi connectivity index (χ0n) is 12.6. The molecule has 0 spiro atoms. The summed E-state index contributed by atoms with van der Waals surface area (Å²) in [5.74, 6) is 1.20. The lowest BCUT2D eigenvalue weighted by Gasteiger charge is -2.26. The Hall–Kier alpha value is -1.97. The number of nitrogens with one attached hydrogen (secondary N) is 1. The van der Waals surface area contributed by atoms with Gasteiger partial charge >= 0.3 is 0 Å². The number of aromatic hydroxyl groups is 1. The van der Waals surface area contributed by atoms with E-state index in [1.54, 1.807) is 24.3 Å². The van der Waals surface area contributed by atoms with Crippen molar-refractivity contribution < 1.29 is 14.6 Å². The van der Waals surface area contributed by atoms with Crippen molar-refractivity contribution in [1.82, 2.24) is 5.32 Å². The number of phenols is 1. The Labute approximate surface area is 125 Å². The smallest absolute Gasteiger partial charge is 0.244 e. The van der Waals surface area contributed by atoms with E-state index in [9.17, 15) is 9.90 Å². The molecule has 0 atom stereocenters. The number of benzene rings is 1. The molecule has 4 heteroatoms. The first kappa shape index (κ1) is 15.4. The molecule has 4 nitrogen and oxygen atoms in total. The summed E-state index contributed by atoms with van der Waals surface area (Å²) < 4.78 is 5.04. The Balaban J connectivity index is 1.90. The van der Waals surface area contributed by atoms with Crippen LogP contribution in [0.5, 0.6) is 11.5 Å². The molecule has 0 aromatic heterocycles. The quantitative estimate of drug-likeness (QED) is 0.837. The number of carbonyl (C=O) groups excluding carboxylic acids is 1. The van der Waals surface area contributed by atoms with E-state index in [1.165, 1.54) is 26.0 Å². The van der Waals surface area contributed by atoms with Gasteiger partial charge in [0.1, 0.15) is 0 Å². The minimum absolute atomic E-state index is 0.0680. The maximum atomic E-state index is 11.9. The fourth-order valence-corrected chi connectivity index (χ4v) is 2.62. The topological polar surface area (TPSA) is 58.6 Å². The number of ether oxygens (including phenoxy) is 1. The van der Waals surface area contributed by atoms with Crippen LogP contribution in [0, 0.1) is 5.92 Å². The van der Waals surface area contributed by atoms with Gasteiger partial charge in [-0.1, -0.05) is 13.0 Å². The van der Waals surface area contributed by atoms with Crippen LogP contribution in [0.2, 0.25) is 0 Å². The van der Waals surface area contributed by atoms with Crippen molar-refractivity contribution in [2.75, 3.05) is 7.11 Å². The van der Waals surface area contributed by atoms with E-state index in [0.29, 0.717) is 11.8 Å². The first-order valence-corrected chi connectivity index (χ1v) is 7.44. The third-order valence-electron chi connectivity index (χ3n) is 3.99. The van der Waals surface area contributed by atoms with Crippen LogP contribution in [-0.2, 0) is 4.79 Å². The summed E-state index contributed by atoms with van der Waals surface area (Å²) in [6.07, 6.45) is 7.75. The van der Waals surface area contributed by atoms with Crippen molar-refractivity contribution in [3.05, 3.63) is 29.8 Å². The molecule has 0 bridgehead atoms. The van der Waals surface area contributed by atoms with Crippen LogP contribution in [0.1, 0.15) is 38.2 Å². The summed E-state index contributed by atoms with van der Waals surface area (Å²) >= 11 is 0. The molecule has 21 heavy (non-hydrogen) atoms. The average molecular weight is 289 g/mol. The number of hydrogen-bond acceptors (Lipinski definition) is 3. The molecular formula is C17H23NO3. The number of carbonyl (C=O) groups is 1. The second-order valence-electron chi connectivity index (χ2n) is 5.73. The van der Waals surface area contributed by atoms with Gasteiger partial charge < -0.3 is 15.2 Å². The highest BCUT2D eigenvalue weighted by molar-refractivity contribution is 5.92. The number of methoxy groups -OCH3 is 1. The Morgan fingerprint density at radius 2 is 2.05 bits per heavy atom.